The number of nitrogens with zero attached hydrogens (tertiary/aromatic N) is 1. The first-order chi connectivity index (χ1) is 15.6. The molecule has 0 unspecified atom stereocenters. The first-order valence-electron chi connectivity index (χ1n) is 11.1. The van der Waals surface area contributed by atoms with E-state index in [0.29, 0.717) is 17.1 Å². The van der Waals surface area contributed by atoms with Crippen LogP contribution in [-0.4, -0.2) is 38.3 Å². The molecular formula is C26H30N2O4. The summed E-state index contributed by atoms with van der Waals surface area (Å²) in [6.07, 6.45) is 4.73. The molecule has 0 aromatic heterocycles. The van der Waals surface area contributed by atoms with E-state index in [4.69, 9.17) is 9.47 Å². The van der Waals surface area contributed by atoms with Gasteiger partial charge in [0.15, 0.2) is 11.5 Å². The van der Waals surface area contributed by atoms with Crippen LogP contribution >= 0.6 is 0 Å². The molecule has 6 nitrogen and oxygen atoms in total. The summed E-state index contributed by atoms with van der Waals surface area (Å²) in [5, 5.41) is 15.7. The van der Waals surface area contributed by atoms with Crippen molar-refractivity contribution < 1.29 is 19.4 Å². The number of amides is 1. The number of fused-ring (bicyclic) bond motifs is 1. The topological polar surface area (TPSA) is 71.0 Å². The summed E-state index contributed by atoms with van der Waals surface area (Å²) in [7, 11) is 3.20. The van der Waals surface area contributed by atoms with Crippen molar-refractivity contribution in [3.63, 3.8) is 0 Å². The number of aromatic hydroxyl groups is 1. The number of hydrogen-bond donors (Lipinski definition) is 2. The number of carbonyl (C=O) groups is 1. The molecule has 6 heteroatoms. The van der Waals surface area contributed by atoms with Crippen LogP contribution in [0.15, 0.2) is 48.5 Å². The van der Waals surface area contributed by atoms with Gasteiger partial charge in [0, 0.05) is 41.5 Å². The first kappa shape index (κ1) is 21.8. The monoisotopic (exact) mass is 434 g/mol. The van der Waals surface area contributed by atoms with E-state index in [2.05, 4.69) is 10.2 Å². The second-order valence-corrected chi connectivity index (χ2v) is 8.14. The van der Waals surface area contributed by atoms with Gasteiger partial charge >= 0.3 is 0 Å². The van der Waals surface area contributed by atoms with E-state index in [1.807, 2.05) is 42.5 Å². The van der Waals surface area contributed by atoms with Crippen LogP contribution in [0, 0.1) is 0 Å². The fourth-order valence-electron chi connectivity index (χ4n) is 4.42. The molecule has 0 radical (unpaired) electrons. The maximum atomic E-state index is 12.8. The molecule has 1 heterocycles. The molecule has 3 aromatic carbocycles. The Morgan fingerprint density at radius 2 is 1.56 bits per heavy atom. The van der Waals surface area contributed by atoms with E-state index < -0.39 is 0 Å². The van der Waals surface area contributed by atoms with E-state index in [9.17, 15) is 9.90 Å². The van der Waals surface area contributed by atoms with Gasteiger partial charge in [-0.2, -0.15) is 0 Å². The van der Waals surface area contributed by atoms with Crippen molar-refractivity contribution in [1.29, 1.82) is 0 Å². The molecular weight excluding hydrogens is 404 g/mol. The van der Waals surface area contributed by atoms with E-state index in [1.165, 1.54) is 12.8 Å². The summed E-state index contributed by atoms with van der Waals surface area (Å²) in [5.74, 6) is 1.12. The Morgan fingerprint density at radius 3 is 2.19 bits per heavy atom. The average molecular weight is 435 g/mol. The smallest absolute Gasteiger partial charge is 0.228 e. The van der Waals surface area contributed by atoms with Crippen LogP contribution < -0.4 is 19.7 Å². The van der Waals surface area contributed by atoms with Gasteiger partial charge in [0.2, 0.25) is 5.91 Å². The third-order valence-corrected chi connectivity index (χ3v) is 6.05. The van der Waals surface area contributed by atoms with Gasteiger partial charge in [-0.15, -0.1) is 0 Å². The summed E-state index contributed by atoms with van der Waals surface area (Å²) in [4.78, 5) is 15.1. The van der Waals surface area contributed by atoms with Gasteiger partial charge in [-0.25, -0.2) is 0 Å². The average Bonchev–Trinajstić information content (AvgIpc) is 3.10. The molecule has 0 bridgehead atoms. The Kier molecular flexibility index (Phi) is 6.69. The molecule has 0 saturated carbocycles. The number of para-hydroxylation sites is 1. The third-order valence-electron chi connectivity index (χ3n) is 6.05. The molecule has 1 aliphatic rings. The Morgan fingerprint density at radius 1 is 0.938 bits per heavy atom. The number of carbonyl (C=O) groups excluding carboxylic acids is 1. The lowest BCUT2D eigenvalue weighted by atomic mass is 9.97. The van der Waals surface area contributed by atoms with Gasteiger partial charge in [0.05, 0.1) is 20.6 Å². The summed E-state index contributed by atoms with van der Waals surface area (Å²) in [6, 6.07) is 14.9. The minimum absolute atomic E-state index is 0.0486. The molecule has 1 aliphatic heterocycles. The van der Waals surface area contributed by atoms with Crippen LogP contribution in [0.4, 0.5) is 11.4 Å². The fourth-order valence-corrected chi connectivity index (χ4v) is 4.42. The van der Waals surface area contributed by atoms with Crippen LogP contribution in [0.1, 0.15) is 31.2 Å². The van der Waals surface area contributed by atoms with Crippen molar-refractivity contribution >= 4 is 28.1 Å². The molecule has 1 amide bonds. The number of nitrogens with one attached hydrogen (secondary N) is 1. The predicted octanol–water partition coefficient (Wildman–Crippen LogP) is 5.12. The van der Waals surface area contributed by atoms with E-state index >= 15 is 0 Å². The zero-order chi connectivity index (χ0) is 22.5. The fraction of sp³-hybridized carbons (Fsp3) is 0.346. The molecule has 1 fully saturated rings. The maximum Gasteiger partial charge on any atom is 0.228 e. The van der Waals surface area contributed by atoms with Crippen molar-refractivity contribution in [2.75, 3.05) is 37.5 Å². The molecule has 32 heavy (non-hydrogen) atoms. The van der Waals surface area contributed by atoms with Crippen LogP contribution in [0.25, 0.3) is 10.8 Å². The molecule has 0 spiro atoms. The lowest BCUT2D eigenvalue weighted by Crippen LogP contribution is -2.24. The highest BCUT2D eigenvalue weighted by molar-refractivity contribution is 6.03. The summed E-state index contributed by atoms with van der Waals surface area (Å²) < 4.78 is 11.1. The van der Waals surface area contributed by atoms with Crippen LogP contribution in [-0.2, 0) is 11.2 Å². The lowest BCUT2D eigenvalue weighted by Gasteiger charge is -2.26. The highest BCUT2D eigenvalue weighted by Gasteiger charge is 2.21. The normalized spacial score (nSPS) is 14.1. The van der Waals surface area contributed by atoms with Crippen LogP contribution in [0.2, 0.25) is 0 Å². The summed E-state index contributed by atoms with van der Waals surface area (Å²) in [5.41, 5.74) is 2.27. The van der Waals surface area contributed by atoms with Gasteiger partial charge in [0.25, 0.3) is 0 Å². The second kappa shape index (κ2) is 9.81. The predicted molar refractivity (Wildman–Crippen MR) is 128 cm³/mol. The van der Waals surface area contributed by atoms with Gasteiger partial charge in [-0.05, 0) is 42.5 Å². The number of phenols is 1. The van der Waals surface area contributed by atoms with Gasteiger partial charge in [0.1, 0.15) is 5.75 Å². The van der Waals surface area contributed by atoms with Crippen LogP contribution in [0.5, 0.6) is 17.2 Å². The molecule has 1 saturated heterocycles. The van der Waals surface area contributed by atoms with Crippen molar-refractivity contribution in [3.8, 4) is 17.2 Å². The number of benzene rings is 3. The number of methoxy groups -OCH3 is 2. The maximum absolute atomic E-state index is 12.8. The summed E-state index contributed by atoms with van der Waals surface area (Å²) >= 11 is 0. The molecule has 0 aliphatic carbocycles. The van der Waals surface area contributed by atoms with Gasteiger partial charge in [-0.1, -0.05) is 31.0 Å². The third kappa shape index (κ3) is 4.59. The first-order valence-corrected chi connectivity index (χ1v) is 11.1. The van der Waals surface area contributed by atoms with E-state index in [-0.39, 0.29) is 18.1 Å². The lowest BCUT2D eigenvalue weighted by molar-refractivity contribution is -0.115. The minimum atomic E-state index is -0.190. The van der Waals surface area contributed by atoms with Crippen molar-refractivity contribution in [2.45, 2.75) is 32.1 Å². The van der Waals surface area contributed by atoms with Gasteiger partial charge < -0.3 is 24.8 Å². The Balaban J connectivity index is 1.79. The van der Waals surface area contributed by atoms with Crippen molar-refractivity contribution in [3.05, 3.63) is 54.1 Å². The molecule has 168 valence electrons. The Bertz CT molecular complexity index is 1090. The number of anilines is 2. The highest BCUT2D eigenvalue weighted by atomic mass is 16.5. The molecule has 0 atom stereocenters. The number of rotatable bonds is 6. The standard InChI is InChI=1S/C26H30N2O4/c1-31-24-14-19-20(15-25(24)32-2)22(28-12-8-3-4-9-13-28)17-23(29)21(19)16-26(30)27-18-10-6-5-7-11-18/h5-7,10-11,14-15,17,29H,3-4,8-9,12-13,16H2,1-2H3,(H,27,30). The number of phenolic OH excluding ortho intramolecular Hbond substituents is 1. The Labute approximate surface area is 188 Å². The van der Waals surface area contributed by atoms with Crippen molar-refractivity contribution in [1.82, 2.24) is 0 Å². The molecule has 2 N–H and O–H groups in total. The van der Waals surface area contributed by atoms with Crippen LogP contribution in [0.3, 0.4) is 0 Å². The van der Waals surface area contributed by atoms with Gasteiger partial charge in [-0.3, -0.25) is 4.79 Å². The SMILES string of the molecule is COc1cc2c(N3CCCCCC3)cc(O)c(CC(=O)Nc3ccccc3)c2cc1OC. The highest BCUT2D eigenvalue weighted by Crippen LogP contribution is 2.42. The zero-order valence-electron chi connectivity index (χ0n) is 18.7. The van der Waals surface area contributed by atoms with Crippen molar-refractivity contribution in [2.24, 2.45) is 0 Å². The van der Waals surface area contributed by atoms with E-state index in [1.54, 1.807) is 20.3 Å². The zero-order valence-corrected chi connectivity index (χ0v) is 18.7. The minimum Gasteiger partial charge on any atom is -0.508 e. The number of ether oxygens (including phenoxy) is 2. The van der Waals surface area contributed by atoms with E-state index in [0.717, 1.165) is 48.1 Å². The Hall–Kier alpha value is -3.41. The largest absolute Gasteiger partial charge is 0.508 e. The number of hydrogen-bond acceptors (Lipinski definition) is 5. The summed E-state index contributed by atoms with van der Waals surface area (Å²) in [6.45, 7) is 1.88. The second-order valence-electron chi connectivity index (χ2n) is 8.14. The quantitative estimate of drug-likeness (QED) is 0.563. The molecule has 3 aromatic rings. The molecule has 4 rings (SSSR count).